The lowest BCUT2D eigenvalue weighted by Gasteiger charge is -2.25. The monoisotopic (exact) mass is 301 g/mol. The minimum Gasteiger partial charge on any atom is -0.295 e. The van der Waals surface area contributed by atoms with Crippen LogP contribution in [0.2, 0.25) is 0 Å². The van der Waals surface area contributed by atoms with Gasteiger partial charge in [-0.25, -0.2) is 0 Å². The maximum absolute atomic E-state index is 12.4. The van der Waals surface area contributed by atoms with Crippen LogP contribution in [0.25, 0.3) is 0 Å². The van der Waals surface area contributed by atoms with Gasteiger partial charge in [0.05, 0.1) is 0 Å². The molecule has 1 aromatic carbocycles. The van der Waals surface area contributed by atoms with Crippen LogP contribution in [0.15, 0.2) is 41.8 Å². The quantitative estimate of drug-likeness (QED) is 0.700. The van der Waals surface area contributed by atoms with Gasteiger partial charge < -0.3 is 0 Å². The average Bonchev–Trinajstić information content (AvgIpc) is 2.96. The summed E-state index contributed by atoms with van der Waals surface area (Å²) >= 11 is 1.78. The van der Waals surface area contributed by atoms with Crippen molar-refractivity contribution < 1.29 is 4.79 Å². The zero-order valence-electron chi connectivity index (χ0n) is 13.0. The summed E-state index contributed by atoms with van der Waals surface area (Å²) in [6.45, 7) is 8.11. The molecule has 3 heteroatoms. The molecule has 2 nitrogen and oxygen atoms in total. The maximum atomic E-state index is 12.4. The van der Waals surface area contributed by atoms with E-state index in [9.17, 15) is 4.79 Å². The van der Waals surface area contributed by atoms with Gasteiger partial charge in [-0.2, -0.15) is 0 Å². The van der Waals surface area contributed by atoms with Crippen molar-refractivity contribution in [1.29, 1.82) is 0 Å². The van der Waals surface area contributed by atoms with Crippen molar-refractivity contribution in [3.05, 3.63) is 57.8 Å². The first-order valence-electron chi connectivity index (χ1n) is 7.43. The van der Waals surface area contributed by atoms with Gasteiger partial charge in [0.15, 0.2) is 5.78 Å². The second-order valence-electron chi connectivity index (χ2n) is 5.63. The van der Waals surface area contributed by atoms with Gasteiger partial charge >= 0.3 is 0 Å². The van der Waals surface area contributed by atoms with E-state index in [1.54, 1.807) is 11.3 Å². The lowest BCUT2D eigenvalue weighted by atomic mass is 10.0. The summed E-state index contributed by atoms with van der Waals surface area (Å²) in [5.74, 6) is 0.241. The number of benzene rings is 1. The van der Waals surface area contributed by atoms with Crippen molar-refractivity contribution >= 4 is 17.1 Å². The van der Waals surface area contributed by atoms with Crippen LogP contribution in [0.4, 0.5) is 0 Å². The molecular formula is C18H23NOS. The lowest BCUT2D eigenvalue weighted by molar-refractivity contribution is 0.0952. The zero-order valence-corrected chi connectivity index (χ0v) is 13.8. The highest BCUT2D eigenvalue weighted by Gasteiger charge is 2.14. The number of rotatable bonds is 7. The van der Waals surface area contributed by atoms with E-state index >= 15 is 0 Å². The van der Waals surface area contributed by atoms with Gasteiger partial charge in [0, 0.05) is 36.0 Å². The second kappa shape index (κ2) is 7.53. The van der Waals surface area contributed by atoms with E-state index in [0.717, 1.165) is 24.2 Å². The number of thiophene rings is 1. The zero-order chi connectivity index (χ0) is 15.2. The standard InChI is InChI=1S/C18H23NOS/c1-14(2)19(13-16-8-6-12-21-16)11-10-18(20)17-9-5-4-7-15(17)3/h4-9,12,14H,10-11,13H2,1-3H3. The Bertz CT molecular complexity index is 575. The third-order valence-corrected chi connectivity index (χ3v) is 4.60. The molecule has 0 aliphatic heterocycles. The van der Waals surface area contributed by atoms with Crippen molar-refractivity contribution in [2.24, 2.45) is 0 Å². The maximum Gasteiger partial charge on any atom is 0.164 e. The average molecular weight is 301 g/mol. The number of ketones is 1. The number of Topliss-reactive ketones (excluding diaryl/α,β-unsaturated/α-hetero) is 1. The molecule has 0 saturated carbocycles. The molecule has 2 rings (SSSR count). The van der Waals surface area contributed by atoms with Gasteiger partial charge in [-0.1, -0.05) is 30.3 Å². The third-order valence-electron chi connectivity index (χ3n) is 3.74. The number of aryl methyl sites for hydroxylation is 1. The Morgan fingerprint density at radius 2 is 1.95 bits per heavy atom. The highest BCUT2D eigenvalue weighted by atomic mass is 32.1. The molecule has 21 heavy (non-hydrogen) atoms. The molecule has 1 heterocycles. The number of hydrogen-bond acceptors (Lipinski definition) is 3. The first-order valence-corrected chi connectivity index (χ1v) is 8.31. The highest BCUT2D eigenvalue weighted by Crippen LogP contribution is 2.16. The van der Waals surface area contributed by atoms with Crippen LogP contribution in [0.1, 0.15) is 41.1 Å². The molecule has 0 N–H and O–H groups in total. The Balaban J connectivity index is 1.96. The van der Waals surface area contributed by atoms with Gasteiger partial charge in [0.1, 0.15) is 0 Å². The Morgan fingerprint density at radius 3 is 2.57 bits per heavy atom. The van der Waals surface area contributed by atoms with Gasteiger partial charge in [-0.15, -0.1) is 11.3 Å². The number of carbonyl (C=O) groups is 1. The Morgan fingerprint density at radius 1 is 1.19 bits per heavy atom. The molecule has 0 unspecified atom stereocenters. The van der Waals surface area contributed by atoms with Crippen LogP contribution in [0, 0.1) is 6.92 Å². The summed E-state index contributed by atoms with van der Waals surface area (Å²) in [7, 11) is 0. The molecule has 0 aliphatic carbocycles. The smallest absolute Gasteiger partial charge is 0.164 e. The Hall–Kier alpha value is -1.45. The van der Waals surface area contributed by atoms with Crippen molar-refractivity contribution in [2.45, 2.75) is 39.8 Å². The molecule has 0 bridgehead atoms. The van der Waals surface area contributed by atoms with Crippen LogP contribution in [0.5, 0.6) is 0 Å². The number of carbonyl (C=O) groups excluding carboxylic acids is 1. The van der Waals surface area contributed by atoms with Gasteiger partial charge in [0.25, 0.3) is 0 Å². The Kier molecular flexibility index (Phi) is 5.71. The topological polar surface area (TPSA) is 20.3 Å². The van der Waals surface area contributed by atoms with Crippen LogP contribution < -0.4 is 0 Å². The fourth-order valence-electron chi connectivity index (χ4n) is 2.39. The van der Waals surface area contributed by atoms with Crippen molar-refractivity contribution in [1.82, 2.24) is 4.90 Å². The van der Waals surface area contributed by atoms with Gasteiger partial charge in [-0.3, -0.25) is 9.69 Å². The van der Waals surface area contributed by atoms with E-state index in [0.29, 0.717) is 12.5 Å². The summed E-state index contributed by atoms with van der Waals surface area (Å²) in [5, 5.41) is 2.10. The van der Waals surface area contributed by atoms with Crippen molar-refractivity contribution in [2.75, 3.05) is 6.54 Å². The number of nitrogens with zero attached hydrogens (tertiary/aromatic N) is 1. The Labute approximate surface area is 131 Å². The molecule has 0 amide bonds. The summed E-state index contributed by atoms with van der Waals surface area (Å²) < 4.78 is 0. The summed E-state index contributed by atoms with van der Waals surface area (Å²) in [4.78, 5) is 16.1. The normalized spacial score (nSPS) is 11.3. The molecule has 1 aromatic heterocycles. The minimum absolute atomic E-state index is 0.241. The largest absolute Gasteiger partial charge is 0.295 e. The predicted molar refractivity (Wildman–Crippen MR) is 90.0 cm³/mol. The first-order chi connectivity index (χ1) is 10.1. The van der Waals surface area contributed by atoms with Crippen LogP contribution in [0.3, 0.4) is 0 Å². The fourth-order valence-corrected chi connectivity index (χ4v) is 3.12. The van der Waals surface area contributed by atoms with Gasteiger partial charge in [0.2, 0.25) is 0 Å². The molecule has 0 saturated heterocycles. The third kappa shape index (κ3) is 4.51. The number of hydrogen-bond donors (Lipinski definition) is 0. The van der Waals surface area contributed by atoms with Crippen LogP contribution in [-0.2, 0) is 6.54 Å². The molecule has 0 radical (unpaired) electrons. The van der Waals surface area contributed by atoms with E-state index in [4.69, 9.17) is 0 Å². The molecule has 0 fully saturated rings. The summed E-state index contributed by atoms with van der Waals surface area (Å²) in [5.41, 5.74) is 1.93. The summed E-state index contributed by atoms with van der Waals surface area (Å²) in [6, 6.07) is 12.5. The van der Waals surface area contributed by atoms with Gasteiger partial charge in [-0.05, 0) is 37.8 Å². The van der Waals surface area contributed by atoms with Crippen molar-refractivity contribution in [3.63, 3.8) is 0 Å². The summed E-state index contributed by atoms with van der Waals surface area (Å²) in [6.07, 6.45) is 0.578. The van der Waals surface area contributed by atoms with Crippen LogP contribution >= 0.6 is 11.3 Å². The fraction of sp³-hybridized carbons (Fsp3) is 0.389. The molecule has 0 spiro atoms. The lowest BCUT2D eigenvalue weighted by Crippen LogP contribution is -2.32. The predicted octanol–water partition coefficient (Wildman–Crippen LogP) is 4.54. The highest BCUT2D eigenvalue weighted by molar-refractivity contribution is 7.09. The first kappa shape index (κ1) is 15.9. The molecular weight excluding hydrogens is 278 g/mol. The van der Waals surface area contributed by atoms with Crippen LogP contribution in [-0.4, -0.2) is 23.3 Å². The van der Waals surface area contributed by atoms with Crippen molar-refractivity contribution in [3.8, 4) is 0 Å². The molecule has 0 aliphatic rings. The van der Waals surface area contributed by atoms with E-state index in [1.807, 2.05) is 31.2 Å². The minimum atomic E-state index is 0.241. The van der Waals surface area contributed by atoms with E-state index in [2.05, 4.69) is 36.3 Å². The molecule has 0 atom stereocenters. The second-order valence-corrected chi connectivity index (χ2v) is 6.66. The molecule has 112 valence electrons. The van der Waals surface area contributed by atoms with E-state index < -0.39 is 0 Å². The molecule has 2 aromatic rings. The van der Waals surface area contributed by atoms with E-state index in [1.165, 1.54) is 4.88 Å². The van der Waals surface area contributed by atoms with E-state index in [-0.39, 0.29) is 5.78 Å². The SMILES string of the molecule is Cc1ccccc1C(=O)CCN(Cc1cccs1)C(C)C.